The molecule has 2 heterocycles. The van der Waals surface area contributed by atoms with Crippen LogP contribution in [0.15, 0.2) is 47.2 Å². The Morgan fingerprint density at radius 1 is 1.14 bits per heavy atom. The molecule has 0 bridgehead atoms. The number of carbonyl (C=O) groups is 1. The van der Waals surface area contributed by atoms with Crippen molar-refractivity contribution in [3.05, 3.63) is 47.8 Å². The number of benzene rings is 1. The second-order valence-corrected chi connectivity index (χ2v) is 8.47. The first kappa shape index (κ1) is 20.0. The van der Waals surface area contributed by atoms with Crippen LogP contribution in [0.3, 0.4) is 0 Å². The van der Waals surface area contributed by atoms with Crippen molar-refractivity contribution in [2.75, 3.05) is 46.3 Å². The summed E-state index contributed by atoms with van der Waals surface area (Å²) in [6, 6.07) is 10.7. The highest BCUT2D eigenvalue weighted by Crippen LogP contribution is 2.33. The Bertz CT molecular complexity index is 750. The van der Waals surface area contributed by atoms with Gasteiger partial charge in [0, 0.05) is 52.4 Å². The zero-order valence-electron chi connectivity index (χ0n) is 17.7. The average molecular weight is 396 g/mol. The van der Waals surface area contributed by atoms with E-state index in [1.807, 2.05) is 11.1 Å². The molecule has 2 fully saturated rings. The van der Waals surface area contributed by atoms with Crippen LogP contribution in [0.2, 0.25) is 0 Å². The number of hydrogen-bond acceptors (Lipinski definition) is 5. The molecule has 1 aromatic carbocycles. The molecule has 1 aliphatic carbocycles. The topological polar surface area (TPSA) is 42.4 Å². The van der Waals surface area contributed by atoms with Crippen molar-refractivity contribution >= 4 is 12.1 Å². The zero-order chi connectivity index (χ0) is 20.2. The predicted octanol–water partition coefficient (Wildman–Crippen LogP) is 2.25. The fraction of sp³-hybridized carbons (Fsp3) is 0.565. The highest BCUT2D eigenvalue weighted by atomic mass is 16.2. The molecule has 0 aromatic heterocycles. The van der Waals surface area contributed by atoms with Crippen LogP contribution in [-0.2, 0) is 11.2 Å². The number of allylic oxidation sites excluding steroid dienone is 1. The van der Waals surface area contributed by atoms with Gasteiger partial charge < -0.3 is 14.7 Å². The Morgan fingerprint density at radius 2 is 1.86 bits per heavy atom. The van der Waals surface area contributed by atoms with Crippen LogP contribution in [0.1, 0.15) is 25.3 Å². The second kappa shape index (κ2) is 8.99. The molecule has 1 saturated heterocycles. The first-order valence-electron chi connectivity index (χ1n) is 10.9. The van der Waals surface area contributed by atoms with E-state index in [-0.39, 0.29) is 12.2 Å². The van der Waals surface area contributed by atoms with E-state index in [0.29, 0.717) is 0 Å². The molecule has 6 nitrogen and oxygen atoms in total. The molecular formula is C23H33N5O. The molecule has 3 aliphatic rings. The van der Waals surface area contributed by atoms with E-state index in [0.717, 1.165) is 51.6 Å². The minimum atomic E-state index is 0.0464. The third-order valence-corrected chi connectivity index (χ3v) is 6.21. The van der Waals surface area contributed by atoms with Crippen LogP contribution in [0.4, 0.5) is 0 Å². The molecule has 2 aliphatic heterocycles. The molecule has 4 rings (SSSR count). The lowest BCUT2D eigenvalue weighted by Gasteiger charge is -2.46. The molecule has 0 radical (unpaired) electrons. The maximum atomic E-state index is 11.7. The van der Waals surface area contributed by atoms with Gasteiger partial charge in [0.25, 0.3) is 0 Å². The fourth-order valence-corrected chi connectivity index (χ4v) is 4.20. The van der Waals surface area contributed by atoms with E-state index in [4.69, 9.17) is 4.99 Å². The highest BCUT2D eigenvalue weighted by Gasteiger charge is 2.34. The number of carbonyl (C=O) groups excluding carboxylic acids is 1. The summed E-state index contributed by atoms with van der Waals surface area (Å²) in [6.45, 7) is 7.08. The minimum absolute atomic E-state index is 0.0464. The van der Waals surface area contributed by atoms with Crippen LogP contribution in [0, 0.1) is 5.92 Å². The maximum Gasteiger partial charge on any atom is 0.219 e. The first-order chi connectivity index (χ1) is 14.1. The lowest BCUT2D eigenvalue weighted by Crippen LogP contribution is -2.55. The lowest BCUT2D eigenvalue weighted by atomic mass is 10.1. The number of piperazine rings is 1. The molecule has 1 aromatic rings. The normalized spacial score (nSPS) is 22.2. The van der Waals surface area contributed by atoms with Crippen LogP contribution in [0.5, 0.6) is 0 Å². The van der Waals surface area contributed by atoms with Gasteiger partial charge >= 0.3 is 0 Å². The molecule has 1 atom stereocenters. The predicted molar refractivity (Wildman–Crippen MR) is 116 cm³/mol. The monoisotopic (exact) mass is 395 g/mol. The molecule has 1 amide bonds. The van der Waals surface area contributed by atoms with Crippen molar-refractivity contribution in [3.8, 4) is 0 Å². The Kier molecular flexibility index (Phi) is 6.19. The molecule has 0 N–H and O–H groups in total. The van der Waals surface area contributed by atoms with Crippen molar-refractivity contribution < 1.29 is 4.79 Å². The molecule has 156 valence electrons. The van der Waals surface area contributed by atoms with Crippen molar-refractivity contribution in [2.45, 2.75) is 32.5 Å². The van der Waals surface area contributed by atoms with Gasteiger partial charge in [-0.05, 0) is 43.9 Å². The van der Waals surface area contributed by atoms with E-state index in [1.165, 1.54) is 24.2 Å². The van der Waals surface area contributed by atoms with Gasteiger partial charge in [-0.1, -0.05) is 30.3 Å². The van der Waals surface area contributed by atoms with E-state index < -0.39 is 0 Å². The number of hydrogen-bond donors (Lipinski definition) is 0. The fourth-order valence-electron chi connectivity index (χ4n) is 4.20. The zero-order valence-corrected chi connectivity index (χ0v) is 17.7. The van der Waals surface area contributed by atoms with E-state index in [2.05, 4.69) is 58.2 Å². The van der Waals surface area contributed by atoms with E-state index >= 15 is 0 Å². The average Bonchev–Trinajstić information content (AvgIpc) is 3.57. The van der Waals surface area contributed by atoms with Crippen molar-refractivity contribution in [1.82, 2.24) is 19.6 Å². The van der Waals surface area contributed by atoms with Crippen molar-refractivity contribution in [2.24, 2.45) is 10.9 Å². The molecule has 1 saturated carbocycles. The van der Waals surface area contributed by atoms with Crippen molar-refractivity contribution in [3.63, 3.8) is 0 Å². The Hall–Kier alpha value is -2.34. The van der Waals surface area contributed by atoms with Crippen LogP contribution >= 0.6 is 0 Å². The van der Waals surface area contributed by atoms with Crippen LogP contribution < -0.4 is 0 Å². The van der Waals surface area contributed by atoms with Crippen LogP contribution in [-0.4, -0.2) is 84.3 Å². The molecule has 1 unspecified atom stereocenters. The minimum Gasteiger partial charge on any atom is -0.355 e. The summed E-state index contributed by atoms with van der Waals surface area (Å²) < 4.78 is 0. The highest BCUT2D eigenvalue weighted by molar-refractivity contribution is 5.74. The van der Waals surface area contributed by atoms with E-state index in [9.17, 15) is 4.79 Å². The summed E-state index contributed by atoms with van der Waals surface area (Å²) in [6.07, 6.45) is 7.85. The number of likely N-dealkylation sites (N-methyl/N-ethyl adjacent to an activating group) is 1. The number of aliphatic imine (C=N–C) groups is 1. The lowest BCUT2D eigenvalue weighted by molar-refractivity contribution is -0.130. The SMILES string of the molecule is CC(=O)N1CCN(C2=CC=NC(N(C)CCc3ccccc3)N2CC2CC2)CC1. The Morgan fingerprint density at radius 3 is 2.52 bits per heavy atom. The molecule has 0 spiro atoms. The molecule has 6 heteroatoms. The number of amides is 1. The molecular weight excluding hydrogens is 362 g/mol. The largest absolute Gasteiger partial charge is 0.355 e. The van der Waals surface area contributed by atoms with Gasteiger partial charge in [-0.3, -0.25) is 14.7 Å². The smallest absolute Gasteiger partial charge is 0.219 e. The summed E-state index contributed by atoms with van der Waals surface area (Å²) in [4.78, 5) is 25.8. The summed E-state index contributed by atoms with van der Waals surface area (Å²) in [5.41, 5.74) is 1.36. The third-order valence-electron chi connectivity index (χ3n) is 6.21. The quantitative estimate of drug-likeness (QED) is 0.710. The summed E-state index contributed by atoms with van der Waals surface area (Å²) in [5.74, 6) is 2.24. The maximum absolute atomic E-state index is 11.7. The van der Waals surface area contributed by atoms with Gasteiger partial charge in [0.05, 0.1) is 0 Å². The van der Waals surface area contributed by atoms with Crippen molar-refractivity contribution in [1.29, 1.82) is 0 Å². The van der Waals surface area contributed by atoms with Gasteiger partial charge in [0.2, 0.25) is 5.91 Å². The third kappa shape index (κ3) is 4.99. The van der Waals surface area contributed by atoms with Gasteiger partial charge in [-0.25, -0.2) is 0 Å². The summed E-state index contributed by atoms with van der Waals surface area (Å²) in [5, 5.41) is 0. The van der Waals surface area contributed by atoms with Crippen LogP contribution in [0.25, 0.3) is 0 Å². The standard InChI is InChI=1S/C23H33N5O/c1-19(29)26-14-16-27(17-15-26)22-10-12-24-23(28(22)18-21-8-9-21)25(2)13-11-20-6-4-3-5-7-20/h3-7,10,12,21,23H,8-9,11,13-18H2,1-2H3. The summed E-state index contributed by atoms with van der Waals surface area (Å²) in [7, 11) is 2.18. The van der Waals surface area contributed by atoms with Gasteiger partial charge in [-0.2, -0.15) is 0 Å². The van der Waals surface area contributed by atoms with Gasteiger partial charge in [0.15, 0.2) is 6.29 Å². The van der Waals surface area contributed by atoms with Gasteiger partial charge in [-0.15, -0.1) is 0 Å². The van der Waals surface area contributed by atoms with E-state index in [1.54, 1.807) is 6.92 Å². The Balaban J connectivity index is 1.43. The first-order valence-corrected chi connectivity index (χ1v) is 10.9. The number of nitrogens with zero attached hydrogens (tertiary/aromatic N) is 5. The number of rotatable bonds is 7. The summed E-state index contributed by atoms with van der Waals surface area (Å²) >= 11 is 0. The molecule has 29 heavy (non-hydrogen) atoms. The van der Waals surface area contributed by atoms with Gasteiger partial charge in [0.1, 0.15) is 5.82 Å². The second-order valence-electron chi connectivity index (χ2n) is 8.47. The Labute approximate surface area is 174 Å².